The molecule has 63 heavy (non-hydrogen) atoms. The second-order valence-corrected chi connectivity index (χ2v) is 19.3. The molecule has 0 bridgehead atoms. The highest BCUT2D eigenvalue weighted by Crippen LogP contribution is 2.25. The molecule has 0 saturated carbocycles. The second-order valence-electron chi connectivity index (χ2n) is 18.4. The largest absolute Gasteiger partial charge is 0.488 e. The van der Waals surface area contributed by atoms with Gasteiger partial charge in [0.15, 0.2) is 0 Å². The second kappa shape index (κ2) is 23.6. The Morgan fingerprint density at radius 3 is 1.33 bits per heavy atom. The van der Waals surface area contributed by atoms with E-state index < -0.39 is 18.3 Å². The smallest absolute Gasteiger partial charge is 0.444 e. The van der Waals surface area contributed by atoms with Crippen LogP contribution in [0.4, 0.5) is 9.59 Å². The van der Waals surface area contributed by atoms with Crippen LogP contribution in [0, 0.1) is 41.5 Å². The van der Waals surface area contributed by atoms with Crippen molar-refractivity contribution in [1.82, 2.24) is 29.6 Å². The summed E-state index contributed by atoms with van der Waals surface area (Å²) in [7, 11) is -1.39. The summed E-state index contributed by atoms with van der Waals surface area (Å²) in [4.78, 5) is 41.3. The Morgan fingerprint density at radius 1 is 0.587 bits per heavy atom. The molecule has 4 aromatic rings. The van der Waals surface area contributed by atoms with E-state index >= 15 is 0 Å². The molecule has 0 atom stereocenters. The van der Waals surface area contributed by atoms with Crippen molar-refractivity contribution in [2.45, 2.75) is 115 Å². The summed E-state index contributed by atoms with van der Waals surface area (Å²) >= 11 is 3.50. The quantitative estimate of drug-likeness (QED) is 0.182. The average Bonchev–Trinajstić information content (AvgIpc) is 3.16. The fraction of sp³-hybridized carbons (Fsp3) is 0.510. The molecular weight excluding hydrogens is 859 g/mol. The first kappa shape index (κ1) is 53.0. The van der Waals surface area contributed by atoms with Crippen LogP contribution in [0.2, 0.25) is 0 Å². The zero-order valence-corrected chi connectivity index (χ0v) is 40.6. The van der Waals surface area contributed by atoms with Gasteiger partial charge in [0, 0.05) is 92.7 Å². The third-order valence-electron chi connectivity index (χ3n) is 10.3. The Labute approximate surface area is 386 Å². The lowest BCUT2D eigenvalue weighted by molar-refractivity contribution is 0.0129. The van der Waals surface area contributed by atoms with Gasteiger partial charge < -0.3 is 29.3 Å². The van der Waals surface area contributed by atoms with Crippen LogP contribution in [0.5, 0.6) is 0 Å². The predicted molar refractivity (Wildman–Crippen MR) is 259 cm³/mol. The molecule has 14 heteroatoms. The van der Waals surface area contributed by atoms with Gasteiger partial charge in [-0.3, -0.25) is 19.8 Å². The summed E-state index contributed by atoms with van der Waals surface area (Å²) in [5.41, 5.74) is 11.0. The lowest BCUT2D eigenvalue weighted by atomic mass is 9.80. The number of hydrogen-bond donors (Lipinski definition) is 2. The van der Waals surface area contributed by atoms with E-state index in [4.69, 9.17) is 19.5 Å². The van der Waals surface area contributed by atoms with Gasteiger partial charge in [-0.25, -0.2) is 9.59 Å². The number of nitrogens with zero attached hydrogens (tertiary/aromatic N) is 6. The van der Waals surface area contributed by atoms with Gasteiger partial charge in [0.05, 0.1) is 0 Å². The highest BCUT2D eigenvalue weighted by atomic mass is 79.9. The zero-order chi connectivity index (χ0) is 45.9. The third-order valence-corrected chi connectivity index (χ3v) is 10.8. The zero-order valence-electron chi connectivity index (χ0n) is 39.0. The first-order chi connectivity index (χ1) is 28.9. The van der Waals surface area contributed by atoms with Gasteiger partial charge in [-0.15, -0.1) is 0 Å². The van der Waals surface area contributed by atoms with Gasteiger partial charge in [0.1, 0.15) is 11.2 Å². The summed E-state index contributed by atoms with van der Waals surface area (Å²) in [6.07, 6.45) is -0.410. The Kier molecular flexibility index (Phi) is 19.8. The number of carbonyl (C=O) groups excluding carboxylic acids is 2. The van der Waals surface area contributed by atoms with E-state index in [0.29, 0.717) is 18.6 Å². The Balaban J connectivity index is 0.000000274. The van der Waals surface area contributed by atoms with E-state index in [1.807, 2.05) is 74.1 Å². The summed E-state index contributed by atoms with van der Waals surface area (Å²) in [5.74, 6) is 0. The fourth-order valence-corrected chi connectivity index (χ4v) is 7.69. The Hall–Kier alpha value is -4.34. The van der Waals surface area contributed by atoms with Gasteiger partial charge in [0.2, 0.25) is 0 Å². The van der Waals surface area contributed by atoms with Gasteiger partial charge in [0.25, 0.3) is 0 Å². The minimum Gasteiger partial charge on any atom is -0.444 e. The molecule has 2 aromatic heterocycles. The van der Waals surface area contributed by atoms with Crippen molar-refractivity contribution in [3.8, 4) is 11.1 Å². The van der Waals surface area contributed by atoms with Crippen LogP contribution in [0.25, 0.3) is 11.1 Å². The molecular formula is C49H72BBrN6O6. The lowest BCUT2D eigenvalue weighted by Crippen LogP contribution is -2.49. The number of carbonyl (C=O) groups is 2. The first-order valence-corrected chi connectivity index (χ1v) is 22.3. The predicted octanol–water partition coefficient (Wildman–Crippen LogP) is 8.55. The number of ether oxygens (including phenoxy) is 2. The number of amides is 2. The van der Waals surface area contributed by atoms with Crippen LogP contribution in [0.15, 0.2) is 65.1 Å². The van der Waals surface area contributed by atoms with Gasteiger partial charge in [-0.05, 0) is 158 Å². The summed E-state index contributed by atoms with van der Waals surface area (Å²) in [6, 6.07) is 20.7. The standard InChI is InChI=1S/C24H33N3O2.C17H25BrN2O2.C7H10BNO2.CH4/c1-17-13-20(22-14-18(2)25-19(3)15-22)7-8-21(17)16-26-9-11-27(12-10-26)23(28)29-24(4,5)6;1-13-11-15(18)6-5-14(13)12-19-7-9-20(10-8-19)16(21)22-17(2,3)4;1-5-3-7(8(10)11)4-6(2)9-5;/h7-8,13-15H,9-12,16H2,1-6H3;5-6,11H,7-10,12H2,1-4H3;3-4,10-11H,1-2H3;1H4. The third kappa shape index (κ3) is 18.0. The lowest BCUT2D eigenvalue weighted by Gasteiger charge is -2.35. The molecule has 0 aliphatic carbocycles. The minimum atomic E-state index is -1.39. The number of halogens is 1. The van der Waals surface area contributed by atoms with Crippen molar-refractivity contribution < 1.29 is 29.1 Å². The van der Waals surface area contributed by atoms with E-state index in [9.17, 15) is 9.59 Å². The number of pyridine rings is 2. The molecule has 2 aliphatic rings. The van der Waals surface area contributed by atoms with E-state index in [1.165, 1.54) is 33.4 Å². The number of aromatic nitrogens is 2. The van der Waals surface area contributed by atoms with E-state index in [1.54, 1.807) is 17.0 Å². The van der Waals surface area contributed by atoms with Crippen LogP contribution in [0.3, 0.4) is 0 Å². The molecule has 2 fully saturated rings. The highest BCUT2D eigenvalue weighted by molar-refractivity contribution is 9.10. The van der Waals surface area contributed by atoms with Crippen LogP contribution in [-0.2, 0) is 22.6 Å². The molecule has 4 heterocycles. The molecule has 344 valence electrons. The van der Waals surface area contributed by atoms with E-state index in [-0.39, 0.29) is 19.6 Å². The van der Waals surface area contributed by atoms with Crippen LogP contribution in [-0.4, -0.2) is 122 Å². The topological polar surface area (TPSA) is 132 Å². The van der Waals surface area contributed by atoms with Gasteiger partial charge in [-0.2, -0.15) is 0 Å². The van der Waals surface area contributed by atoms with E-state index in [0.717, 1.165) is 79.6 Å². The Bertz CT molecular complexity index is 2080. The van der Waals surface area contributed by atoms with Crippen molar-refractivity contribution in [1.29, 1.82) is 0 Å². The SMILES string of the molecule is C.Cc1cc(-c2ccc(CN3CCN(C(=O)OC(C)(C)C)CC3)c(C)c2)cc(C)n1.Cc1cc(B(O)O)cc(C)n1.Cc1cc(Br)ccc1CN1CCN(C(=O)OC(C)(C)C)CC1. The van der Waals surface area contributed by atoms with Gasteiger partial charge >= 0.3 is 19.3 Å². The molecule has 0 radical (unpaired) electrons. The molecule has 2 saturated heterocycles. The normalized spacial score (nSPS) is 14.7. The maximum atomic E-state index is 12.2. The van der Waals surface area contributed by atoms with Crippen LogP contribution >= 0.6 is 15.9 Å². The maximum Gasteiger partial charge on any atom is 0.488 e. The number of piperazine rings is 2. The molecule has 2 N–H and O–H groups in total. The maximum absolute atomic E-state index is 12.2. The molecule has 6 rings (SSSR count). The van der Waals surface area contributed by atoms with Gasteiger partial charge in [-0.1, -0.05) is 47.6 Å². The molecule has 0 spiro atoms. The van der Waals surface area contributed by atoms with E-state index in [2.05, 4.69) is 98.1 Å². The van der Waals surface area contributed by atoms with Crippen molar-refractivity contribution in [3.63, 3.8) is 0 Å². The van der Waals surface area contributed by atoms with Crippen molar-refractivity contribution in [2.24, 2.45) is 0 Å². The Morgan fingerprint density at radius 2 is 0.968 bits per heavy atom. The van der Waals surface area contributed by atoms with Crippen molar-refractivity contribution in [3.05, 3.63) is 110 Å². The minimum absolute atomic E-state index is 0. The highest BCUT2D eigenvalue weighted by Gasteiger charge is 2.27. The fourth-order valence-electron chi connectivity index (χ4n) is 7.22. The monoisotopic (exact) mass is 930 g/mol. The molecule has 2 aromatic carbocycles. The van der Waals surface area contributed by atoms with Crippen LogP contribution < -0.4 is 5.46 Å². The number of aryl methyl sites for hydroxylation is 6. The van der Waals surface area contributed by atoms with Crippen molar-refractivity contribution in [2.75, 3.05) is 52.4 Å². The molecule has 2 aliphatic heterocycles. The molecule has 2 amide bonds. The average molecular weight is 932 g/mol. The van der Waals surface area contributed by atoms with Crippen LogP contribution in [0.1, 0.15) is 94.0 Å². The molecule has 12 nitrogen and oxygen atoms in total. The first-order valence-electron chi connectivity index (χ1n) is 21.5. The number of hydrogen-bond acceptors (Lipinski definition) is 10. The number of rotatable bonds is 6. The van der Waals surface area contributed by atoms with Crippen molar-refractivity contribution >= 4 is 40.7 Å². The summed E-state index contributed by atoms with van der Waals surface area (Å²) in [6.45, 7) is 31.6. The number of benzene rings is 2. The molecule has 0 unspecified atom stereocenters. The summed E-state index contributed by atoms with van der Waals surface area (Å²) < 4.78 is 12.0. The summed E-state index contributed by atoms with van der Waals surface area (Å²) in [5, 5.41) is 17.6.